The molecule has 124 valence electrons. The van der Waals surface area contributed by atoms with Crippen LogP contribution in [0.5, 0.6) is 0 Å². The van der Waals surface area contributed by atoms with E-state index in [1.807, 2.05) is 54.7 Å². The average molecular weight is 333 g/mol. The molecule has 0 spiro atoms. The molecule has 0 bridgehead atoms. The molecule has 2 aromatic carbocycles. The summed E-state index contributed by atoms with van der Waals surface area (Å²) in [6, 6.07) is 15.7. The highest BCUT2D eigenvalue weighted by molar-refractivity contribution is 6.02. The number of carbonyl (C=O) groups excluding carboxylic acids is 1. The Hall–Kier alpha value is -3.48. The molecule has 7 heteroatoms. The molecule has 0 fully saturated rings. The summed E-state index contributed by atoms with van der Waals surface area (Å²) in [7, 11) is 1.34. The number of hydrogen-bond donors (Lipinski definition) is 1. The number of ether oxygens (including phenoxy) is 1. The van der Waals surface area contributed by atoms with Gasteiger partial charge in [0, 0.05) is 10.9 Å². The number of methoxy groups -OCH3 is 1. The van der Waals surface area contributed by atoms with Gasteiger partial charge in [0.15, 0.2) is 5.69 Å². The van der Waals surface area contributed by atoms with Gasteiger partial charge in [0.05, 0.1) is 25.4 Å². The Balaban J connectivity index is 1.67. The maximum absolute atomic E-state index is 11.8. The maximum Gasteiger partial charge on any atom is 0.359 e. The van der Waals surface area contributed by atoms with Crippen LogP contribution in [0.15, 0.2) is 54.7 Å². The van der Waals surface area contributed by atoms with E-state index in [-0.39, 0.29) is 5.69 Å². The molecular weight excluding hydrogens is 318 g/mol. The number of fused-ring (bicyclic) bond motifs is 1. The van der Waals surface area contributed by atoms with Gasteiger partial charge in [-0.25, -0.2) is 9.48 Å². The third-order valence-corrected chi connectivity index (χ3v) is 3.96. The molecular formula is C18H15N5O2. The van der Waals surface area contributed by atoms with Crippen LogP contribution < -0.4 is 0 Å². The predicted octanol–water partition coefficient (Wildman–Crippen LogP) is 2.66. The fourth-order valence-electron chi connectivity index (χ4n) is 2.70. The molecule has 7 nitrogen and oxygen atoms in total. The summed E-state index contributed by atoms with van der Waals surface area (Å²) >= 11 is 0. The van der Waals surface area contributed by atoms with E-state index in [9.17, 15) is 4.79 Å². The smallest absolute Gasteiger partial charge is 0.359 e. The van der Waals surface area contributed by atoms with E-state index < -0.39 is 5.97 Å². The van der Waals surface area contributed by atoms with Gasteiger partial charge in [-0.15, -0.1) is 5.10 Å². The van der Waals surface area contributed by atoms with Gasteiger partial charge >= 0.3 is 5.97 Å². The highest BCUT2D eigenvalue weighted by Crippen LogP contribution is 2.24. The fourth-order valence-corrected chi connectivity index (χ4v) is 2.70. The van der Waals surface area contributed by atoms with Crippen molar-refractivity contribution in [2.75, 3.05) is 7.11 Å². The second-order valence-electron chi connectivity index (χ2n) is 5.61. The van der Waals surface area contributed by atoms with Crippen molar-refractivity contribution < 1.29 is 9.53 Å². The second-order valence-corrected chi connectivity index (χ2v) is 5.61. The van der Waals surface area contributed by atoms with Crippen LogP contribution in [0.25, 0.3) is 22.2 Å². The maximum atomic E-state index is 11.8. The van der Waals surface area contributed by atoms with Crippen molar-refractivity contribution >= 4 is 16.9 Å². The number of nitrogens with zero attached hydrogens (tertiary/aromatic N) is 4. The van der Waals surface area contributed by atoms with Crippen molar-refractivity contribution in [3.05, 3.63) is 66.0 Å². The first-order chi connectivity index (χ1) is 12.2. The van der Waals surface area contributed by atoms with Crippen molar-refractivity contribution in [1.82, 2.24) is 25.2 Å². The van der Waals surface area contributed by atoms with Crippen LogP contribution in [0.2, 0.25) is 0 Å². The summed E-state index contributed by atoms with van der Waals surface area (Å²) in [5.41, 5.74) is 3.77. The number of esters is 1. The molecule has 0 amide bonds. The Morgan fingerprint density at radius 3 is 2.84 bits per heavy atom. The van der Waals surface area contributed by atoms with Crippen LogP contribution >= 0.6 is 0 Å². The van der Waals surface area contributed by atoms with Crippen molar-refractivity contribution in [3.8, 4) is 11.3 Å². The Morgan fingerprint density at radius 1 is 1.20 bits per heavy atom. The van der Waals surface area contributed by atoms with Gasteiger partial charge < -0.3 is 4.74 Å². The summed E-state index contributed by atoms with van der Waals surface area (Å²) < 4.78 is 6.55. The fraction of sp³-hybridized carbons (Fsp3) is 0.111. The molecule has 2 aromatic heterocycles. The molecule has 25 heavy (non-hydrogen) atoms. The SMILES string of the molecule is COC(=O)c1n[nH]c2ccc(-c3cn(Cc4ccccc4)nn3)cc12. The molecule has 0 saturated carbocycles. The number of carbonyl (C=O) groups is 1. The van der Waals surface area contributed by atoms with Crippen molar-refractivity contribution in [1.29, 1.82) is 0 Å². The summed E-state index contributed by atoms with van der Waals surface area (Å²) in [4.78, 5) is 11.8. The quantitative estimate of drug-likeness (QED) is 0.580. The summed E-state index contributed by atoms with van der Waals surface area (Å²) in [6.07, 6.45) is 1.88. The molecule has 4 rings (SSSR count). The lowest BCUT2D eigenvalue weighted by Crippen LogP contribution is -2.01. The van der Waals surface area contributed by atoms with Gasteiger partial charge in [-0.3, -0.25) is 5.10 Å². The van der Waals surface area contributed by atoms with Crippen molar-refractivity contribution in [2.45, 2.75) is 6.54 Å². The molecule has 0 aliphatic rings. The number of rotatable bonds is 4. The van der Waals surface area contributed by atoms with E-state index in [1.165, 1.54) is 7.11 Å². The zero-order valence-corrected chi connectivity index (χ0v) is 13.5. The molecule has 0 radical (unpaired) electrons. The average Bonchev–Trinajstić information content (AvgIpc) is 3.28. The van der Waals surface area contributed by atoms with Crippen molar-refractivity contribution in [3.63, 3.8) is 0 Å². The molecule has 0 saturated heterocycles. The topological polar surface area (TPSA) is 85.7 Å². The van der Waals surface area contributed by atoms with Gasteiger partial charge in [-0.1, -0.05) is 41.6 Å². The first-order valence-electron chi connectivity index (χ1n) is 7.75. The molecule has 0 aliphatic carbocycles. The summed E-state index contributed by atoms with van der Waals surface area (Å²) in [6.45, 7) is 0.648. The number of H-pyrrole nitrogens is 1. The lowest BCUT2D eigenvalue weighted by atomic mass is 10.1. The third kappa shape index (κ3) is 2.87. The van der Waals surface area contributed by atoms with E-state index in [0.29, 0.717) is 11.9 Å². The molecule has 1 N–H and O–H groups in total. The molecule has 0 unspecified atom stereocenters. The molecule has 4 aromatic rings. The Labute approximate surface area is 143 Å². The highest BCUT2D eigenvalue weighted by Gasteiger charge is 2.15. The first-order valence-corrected chi connectivity index (χ1v) is 7.75. The zero-order valence-electron chi connectivity index (χ0n) is 13.5. The minimum absolute atomic E-state index is 0.260. The first kappa shape index (κ1) is 15.1. The predicted molar refractivity (Wildman–Crippen MR) is 92.0 cm³/mol. The molecule has 0 aliphatic heterocycles. The van der Waals surface area contributed by atoms with Crippen LogP contribution in [0, 0.1) is 0 Å². The summed E-state index contributed by atoms with van der Waals surface area (Å²) in [5.74, 6) is -0.476. The van der Waals surface area contributed by atoms with E-state index in [1.54, 1.807) is 4.68 Å². The van der Waals surface area contributed by atoms with Crippen LogP contribution in [-0.2, 0) is 11.3 Å². The molecule has 2 heterocycles. The van der Waals surface area contributed by atoms with Crippen LogP contribution in [0.4, 0.5) is 0 Å². The third-order valence-electron chi connectivity index (χ3n) is 3.96. The van der Waals surface area contributed by atoms with Crippen molar-refractivity contribution in [2.24, 2.45) is 0 Å². The lowest BCUT2D eigenvalue weighted by Gasteiger charge is -2.00. The van der Waals surface area contributed by atoms with Crippen LogP contribution in [0.1, 0.15) is 16.1 Å². The standard InChI is InChI=1S/C18H15N5O2/c1-25-18(24)17-14-9-13(7-8-15(14)19-21-17)16-11-23(22-20-16)10-12-5-3-2-4-6-12/h2-9,11H,10H2,1H3,(H,19,21). The lowest BCUT2D eigenvalue weighted by molar-refractivity contribution is 0.0596. The zero-order chi connectivity index (χ0) is 17.2. The highest BCUT2D eigenvalue weighted by atomic mass is 16.5. The van der Waals surface area contributed by atoms with Gasteiger partial charge in [-0.2, -0.15) is 5.10 Å². The number of nitrogens with one attached hydrogen (secondary N) is 1. The number of aromatic amines is 1. The normalized spacial score (nSPS) is 10.9. The second kappa shape index (κ2) is 6.20. The Bertz CT molecular complexity index is 1040. The number of benzene rings is 2. The van der Waals surface area contributed by atoms with Gasteiger partial charge in [0.1, 0.15) is 5.69 Å². The van der Waals surface area contributed by atoms with Gasteiger partial charge in [-0.05, 0) is 17.7 Å². The minimum Gasteiger partial charge on any atom is -0.464 e. The minimum atomic E-state index is -0.476. The Kier molecular flexibility index (Phi) is 3.74. The van der Waals surface area contributed by atoms with E-state index in [2.05, 4.69) is 20.5 Å². The van der Waals surface area contributed by atoms with Crippen LogP contribution in [0.3, 0.4) is 0 Å². The number of hydrogen-bond acceptors (Lipinski definition) is 5. The summed E-state index contributed by atoms with van der Waals surface area (Å²) in [5, 5.41) is 16.0. The van der Waals surface area contributed by atoms with E-state index in [0.717, 1.165) is 22.3 Å². The van der Waals surface area contributed by atoms with Gasteiger partial charge in [0.2, 0.25) is 0 Å². The van der Waals surface area contributed by atoms with E-state index in [4.69, 9.17) is 4.74 Å². The van der Waals surface area contributed by atoms with Crippen LogP contribution in [-0.4, -0.2) is 38.3 Å². The molecule has 0 atom stereocenters. The monoisotopic (exact) mass is 333 g/mol. The van der Waals surface area contributed by atoms with Gasteiger partial charge in [0.25, 0.3) is 0 Å². The number of aromatic nitrogens is 5. The largest absolute Gasteiger partial charge is 0.464 e. The Morgan fingerprint density at radius 2 is 2.04 bits per heavy atom. The van der Waals surface area contributed by atoms with E-state index >= 15 is 0 Å².